The van der Waals surface area contributed by atoms with E-state index in [0.717, 1.165) is 6.07 Å². The molecule has 20 heavy (non-hydrogen) atoms. The van der Waals surface area contributed by atoms with Crippen LogP contribution in [0.25, 0.3) is 0 Å². The average Bonchev–Trinajstić information content (AvgIpc) is 2.33. The van der Waals surface area contributed by atoms with Crippen molar-refractivity contribution >= 4 is 38.7 Å². The van der Waals surface area contributed by atoms with Crippen LogP contribution in [0.3, 0.4) is 0 Å². The van der Waals surface area contributed by atoms with Gasteiger partial charge in [0.1, 0.15) is 10.7 Å². The highest BCUT2D eigenvalue weighted by Crippen LogP contribution is 2.31. The van der Waals surface area contributed by atoms with E-state index in [1.54, 1.807) is 6.07 Å². The molecule has 0 spiro atoms. The predicted molar refractivity (Wildman–Crippen MR) is 76.9 cm³/mol. The van der Waals surface area contributed by atoms with Gasteiger partial charge in [0, 0.05) is 0 Å². The van der Waals surface area contributed by atoms with Gasteiger partial charge >= 0.3 is 0 Å². The maximum Gasteiger partial charge on any atom is 0.240 e. The van der Waals surface area contributed by atoms with Crippen molar-refractivity contribution in [2.75, 3.05) is 11.1 Å². The van der Waals surface area contributed by atoms with Crippen molar-refractivity contribution < 1.29 is 12.8 Å². The minimum absolute atomic E-state index is 0.0320. The minimum atomic E-state index is -3.92. The Morgan fingerprint density at radius 1 is 1.15 bits per heavy atom. The number of hydrogen-bond acceptors (Lipinski definition) is 4. The summed E-state index contributed by atoms with van der Waals surface area (Å²) in [6, 6.07) is 8.10. The lowest BCUT2D eigenvalue weighted by molar-refractivity contribution is 0.598. The van der Waals surface area contributed by atoms with E-state index in [0.29, 0.717) is 11.4 Å². The molecular weight excluding hydrogens is 305 g/mol. The van der Waals surface area contributed by atoms with Gasteiger partial charge in [-0.15, -0.1) is 0 Å². The van der Waals surface area contributed by atoms with Gasteiger partial charge in [-0.1, -0.05) is 17.7 Å². The van der Waals surface area contributed by atoms with E-state index >= 15 is 0 Å². The molecule has 5 nitrogen and oxygen atoms in total. The first-order chi connectivity index (χ1) is 9.29. The summed E-state index contributed by atoms with van der Waals surface area (Å²) in [6.07, 6.45) is 0. The number of rotatable bonds is 3. The number of hydrogen-bond donors (Lipinski definition) is 3. The van der Waals surface area contributed by atoms with Crippen LogP contribution >= 0.6 is 11.6 Å². The fourth-order valence-electron chi connectivity index (χ4n) is 1.64. The van der Waals surface area contributed by atoms with Crippen molar-refractivity contribution in [2.24, 2.45) is 5.14 Å². The lowest BCUT2D eigenvalue weighted by Gasteiger charge is -2.13. The molecule has 0 aromatic heterocycles. The fraction of sp³-hybridized carbons (Fsp3) is 0. The van der Waals surface area contributed by atoms with E-state index in [2.05, 4.69) is 5.32 Å². The smallest absolute Gasteiger partial charge is 0.240 e. The summed E-state index contributed by atoms with van der Waals surface area (Å²) in [5.74, 6) is -0.480. The maximum atomic E-state index is 13.0. The Hall–Kier alpha value is -1.83. The second kappa shape index (κ2) is 5.28. The first kappa shape index (κ1) is 14.6. The number of sulfonamides is 1. The van der Waals surface area contributed by atoms with Crippen molar-refractivity contribution in [3.05, 3.63) is 47.2 Å². The van der Waals surface area contributed by atoms with Gasteiger partial charge in [-0.3, -0.25) is 0 Å². The summed E-state index contributed by atoms with van der Waals surface area (Å²) in [6.45, 7) is 0. The molecule has 0 heterocycles. The zero-order chi connectivity index (χ0) is 14.9. The molecule has 0 saturated heterocycles. The Kier molecular flexibility index (Phi) is 3.85. The van der Waals surface area contributed by atoms with E-state index in [4.69, 9.17) is 22.5 Å². The number of primary sulfonamides is 1. The third-order valence-corrected chi connectivity index (χ3v) is 3.85. The van der Waals surface area contributed by atoms with Crippen molar-refractivity contribution in [1.29, 1.82) is 0 Å². The third kappa shape index (κ3) is 3.01. The summed E-state index contributed by atoms with van der Waals surface area (Å²) in [5.41, 5.74) is 6.43. The Morgan fingerprint density at radius 3 is 2.45 bits per heavy atom. The van der Waals surface area contributed by atoms with E-state index in [1.807, 2.05) is 0 Å². The number of nitrogen functional groups attached to an aromatic ring is 1. The van der Waals surface area contributed by atoms with Crippen LogP contribution in [0.15, 0.2) is 41.3 Å². The first-order valence-electron chi connectivity index (χ1n) is 5.42. The molecule has 0 aliphatic rings. The van der Waals surface area contributed by atoms with Crippen molar-refractivity contribution in [2.45, 2.75) is 4.90 Å². The molecule has 2 aromatic carbocycles. The molecular formula is C12H11ClFN3O2S. The van der Waals surface area contributed by atoms with Gasteiger partial charge in [-0.25, -0.2) is 17.9 Å². The number of nitrogens with two attached hydrogens (primary N) is 2. The number of para-hydroxylation sites is 1. The molecule has 0 atom stereocenters. The van der Waals surface area contributed by atoms with E-state index < -0.39 is 15.8 Å². The normalized spacial score (nSPS) is 11.3. The molecule has 0 radical (unpaired) electrons. The van der Waals surface area contributed by atoms with Gasteiger partial charge in [0.05, 0.1) is 22.1 Å². The lowest BCUT2D eigenvalue weighted by Crippen LogP contribution is -2.15. The average molecular weight is 316 g/mol. The minimum Gasteiger partial charge on any atom is -0.396 e. The molecule has 0 aliphatic carbocycles. The van der Waals surface area contributed by atoms with Gasteiger partial charge < -0.3 is 11.1 Å². The monoisotopic (exact) mass is 315 g/mol. The Morgan fingerprint density at radius 2 is 1.85 bits per heavy atom. The fourth-order valence-corrected chi connectivity index (χ4v) is 2.54. The number of nitrogens with one attached hydrogen (secondary N) is 1. The number of benzene rings is 2. The third-order valence-electron chi connectivity index (χ3n) is 2.57. The topological polar surface area (TPSA) is 98.2 Å². The van der Waals surface area contributed by atoms with E-state index in [1.165, 1.54) is 24.3 Å². The Bertz CT molecular complexity index is 765. The number of anilines is 3. The standard InChI is InChI=1S/C12H11ClFN3O2S/c13-8-6-7(14)4-5-9(8)17-10-2-1-3-11(12(10)15)20(16,18)19/h1-6,17H,15H2,(H2,16,18,19). The quantitative estimate of drug-likeness (QED) is 0.758. The second-order valence-electron chi connectivity index (χ2n) is 4.01. The van der Waals surface area contributed by atoms with Gasteiger partial charge in [-0.05, 0) is 30.3 Å². The van der Waals surface area contributed by atoms with E-state index in [-0.39, 0.29) is 15.6 Å². The zero-order valence-electron chi connectivity index (χ0n) is 10.1. The van der Waals surface area contributed by atoms with Gasteiger partial charge in [-0.2, -0.15) is 0 Å². The highest BCUT2D eigenvalue weighted by Gasteiger charge is 2.15. The van der Waals surface area contributed by atoms with Crippen molar-refractivity contribution in [1.82, 2.24) is 0 Å². The molecule has 0 saturated carbocycles. The molecule has 8 heteroatoms. The first-order valence-corrected chi connectivity index (χ1v) is 7.35. The van der Waals surface area contributed by atoms with Gasteiger partial charge in [0.2, 0.25) is 10.0 Å². The van der Waals surface area contributed by atoms with Crippen LogP contribution in [0.1, 0.15) is 0 Å². The van der Waals surface area contributed by atoms with Gasteiger partial charge in [0.25, 0.3) is 0 Å². The molecule has 2 rings (SSSR count). The lowest BCUT2D eigenvalue weighted by atomic mass is 10.2. The summed E-state index contributed by atoms with van der Waals surface area (Å²) in [7, 11) is -3.92. The summed E-state index contributed by atoms with van der Waals surface area (Å²) in [4.78, 5) is -0.194. The number of halogens is 2. The SMILES string of the molecule is Nc1c(Nc2ccc(F)cc2Cl)cccc1S(N)(=O)=O. The largest absolute Gasteiger partial charge is 0.396 e. The molecule has 0 amide bonds. The second-order valence-corrected chi connectivity index (χ2v) is 5.95. The molecule has 0 bridgehead atoms. The van der Waals surface area contributed by atoms with Crippen LogP contribution in [0.5, 0.6) is 0 Å². The Balaban J connectivity index is 2.45. The van der Waals surface area contributed by atoms with Crippen molar-refractivity contribution in [3.63, 3.8) is 0 Å². The van der Waals surface area contributed by atoms with Crippen LogP contribution in [-0.2, 0) is 10.0 Å². The molecule has 2 aromatic rings. The maximum absolute atomic E-state index is 13.0. The van der Waals surface area contributed by atoms with Crippen LogP contribution < -0.4 is 16.2 Å². The zero-order valence-corrected chi connectivity index (χ0v) is 11.7. The highest BCUT2D eigenvalue weighted by molar-refractivity contribution is 7.89. The Labute approximate surface area is 120 Å². The van der Waals surface area contributed by atoms with Crippen LogP contribution in [0.4, 0.5) is 21.5 Å². The summed E-state index contributed by atoms with van der Waals surface area (Å²) >= 11 is 5.88. The molecule has 0 fully saturated rings. The predicted octanol–water partition coefficient (Wildman–Crippen LogP) is 2.45. The van der Waals surface area contributed by atoms with E-state index in [9.17, 15) is 12.8 Å². The molecule has 5 N–H and O–H groups in total. The van der Waals surface area contributed by atoms with Crippen LogP contribution in [0, 0.1) is 5.82 Å². The summed E-state index contributed by atoms with van der Waals surface area (Å²) < 4.78 is 35.7. The molecule has 0 aliphatic heterocycles. The van der Waals surface area contributed by atoms with Crippen LogP contribution in [-0.4, -0.2) is 8.42 Å². The highest BCUT2D eigenvalue weighted by atomic mass is 35.5. The molecule has 0 unspecified atom stereocenters. The summed E-state index contributed by atoms with van der Waals surface area (Å²) in [5, 5.41) is 8.04. The van der Waals surface area contributed by atoms with Crippen molar-refractivity contribution in [3.8, 4) is 0 Å². The molecule has 106 valence electrons. The van der Waals surface area contributed by atoms with Gasteiger partial charge in [0.15, 0.2) is 0 Å². The van der Waals surface area contributed by atoms with Crippen LogP contribution in [0.2, 0.25) is 5.02 Å².